The number of likely N-dealkylation sites (tertiary alicyclic amines) is 1. The van der Waals surface area contributed by atoms with Gasteiger partial charge in [-0.15, -0.1) is 0 Å². The van der Waals surface area contributed by atoms with Crippen LogP contribution in [0.3, 0.4) is 0 Å². The Labute approximate surface area is 196 Å². The monoisotopic (exact) mass is 450 g/mol. The SMILES string of the molecule is C=Cc1ccc(OCc2ccccc2)c(CC(=O)N2CCC[C@@H](NC(=O)OC(C)(C)C)C2)c1. The first kappa shape index (κ1) is 24.4. The predicted octanol–water partition coefficient (Wildman–Crippen LogP) is 4.97. The van der Waals surface area contributed by atoms with Gasteiger partial charge in [-0.2, -0.15) is 0 Å². The quantitative estimate of drug-likeness (QED) is 0.647. The standard InChI is InChI=1S/C27H34N2O4/c1-5-20-13-14-24(32-19-21-10-7-6-8-11-21)22(16-20)17-25(30)29-15-9-12-23(18-29)28-26(31)33-27(2,3)4/h5-8,10-11,13-14,16,23H,1,9,12,15,17-19H2,2-4H3,(H,28,31)/t23-/m1/s1. The average molecular weight is 451 g/mol. The molecule has 6 heteroatoms. The molecule has 2 amide bonds. The van der Waals surface area contributed by atoms with Crippen LogP contribution in [-0.2, 0) is 22.6 Å². The fraction of sp³-hybridized carbons (Fsp3) is 0.407. The Morgan fingerprint density at radius 3 is 2.64 bits per heavy atom. The maximum absolute atomic E-state index is 13.2. The zero-order valence-electron chi connectivity index (χ0n) is 19.8. The molecule has 3 rings (SSSR count). The lowest BCUT2D eigenvalue weighted by Gasteiger charge is -2.33. The van der Waals surface area contributed by atoms with Gasteiger partial charge in [0.1, 0.15) is 18.0 Å². The van der Waals surface area contributed by atoms with Crippen LogP contribution in [-0.4, -0.2) is 41.6 Å². The number of rotatable bonds is 7. The van der Waals surface area contributed by atoms with Gasteiger partial charge in [-0.25, -0.2) is 4.79 Å². The molecule has 1 atom stereocenters. The van der Waals surface area contributed by atoms with Crippen molar-refractivity contribution in [1.82, 2.24) is 10.2 Å². The number of hydrogen-bond acceptors (Lipinski definition) is 4. The molecular formula is C27H34N2O4. The molecule has 0 unspecified atom stereocenters. The van der Waals surface area contributed by atoms with Gasteiger partial charge in [0.15, 0.2) is 0 Å². The number of ether oxygens (including phenoxy) is 2. The summed E-state index contributed by atoms with van der Waals surface area (Å²) in [5, 5.41) is 2.90. The van der Waals surface area contributed by atoms with E-state index in [2.05, 4.69) is 11.9 Å². The van der Waals surface area contributed by atoms with Crippen molar-refractivity contribution in [3.8, 4) is 5.75 Å². The van der Waals surface area contributed by atoms with E-state index in [4.69, 9.17) is 9.47 Å². The van der Waals surface area contributed by atoms with E-state index in [9.17, 15) is 9.59 Å². The minimum Gasteiger partial charge on any atom is -0.489 e. The predicted molar refractivity (Wildman–Crippen MR) is 130 cm³/mol. The van der Waals surface area contributed by atoms with Crippen LogP contribution in [0.15, 0.2) is 55.1 Å². The van der Waals surface area contributed by atoms with E-state index in [0.29, 0.717) is 25.4 Å². The van der Waals surface area contributed by atoms with Crippen LogP contribution in [0, 0.1) is 0 Å². The summed E-state index contributed by atoms with van der Waals surface area (Å²) in [6, 6.07) is 15.6. The van der Waals surface area contributed by atoms with Gasteiger partial charge < -0.3 is 19.7 Å². The number of nitrogens with one attached hydrogen (secondary N) is 1. The van der Waals surface area contributed by atoms with E-state index in [0.717, 1.165) is 29.5 Å². The normalized spacial score (nSPS) is 16.1. The number of carbonyl (C=O) groups excluding carboxylic acids is 2. The van der Waals surface area contributed by atoms with Gasteiger partial charge in [-0.3, -0.25) is 4.79 Å². The van der Waals surface area contributed by atoms with Crippen molar-refractivity contribution in [3.63, 3.8) is 0 Å². The zero-order valence-corrected chi connectivity index (χ0v) is 19.8. The first-order valence-electron chi connectivity index (χ1n) is 11.4. The Hall–Kier alpha value is -3.28. The van der Waals surface area contributed by atoms with E-state index in [-0.39, 0.29) is 18.4 Å². The average Bonchev–Trinajstić information content (AvgIpc) is 2.77. The van der Waals surface area contributed by atoms with Crippen LogP contribution in [0.5, 0.6) is 5.75 Å². The topological polar surface area (TPSA) is 67.9 Å². The maximum atomic E-state index is 13.2. The summed E-state index contributed by atoms with van der Waals surface area (Å²) in [7, 11) is 0. The molecular weight excluding hydrogens is 416 g/mol. The number of carbonyl (C=O) groups is 2. The summed E-state index contributed by atoms with van der Waals surface area (Å²) < 4.78 is 11.4. The van der Waals surface area contributed by atoms with Crippen molar-refractivity contribution in [2.24, 2.45) is 0 Å². The summed E-state index contributed by atoms with van der Waals surface area (Å²) in [5.41, 5.74) is 2.28. The molecule has 1 heterocycles. The number of hydrogen-bond donors (Lipinski definition) is 1. The molecule has 1 N–H and O–H groups in total. The number of amides is 2. The molecule has 176 valence electrons. The summed E-state index contributed by atoms with van der Waals surface area (Å²) in [6.45, 7) is 10.9. The van der Waals surface area contributed by atoms with E-state index in [1.54, 1.807) is 6.08 Å². The number of alkyl carbamates (subject to hydrolysis) is 1. The molecule has 1 saturated heterocycles. The second kappa shape index (κ2) is 11.0. The third-order valence-electron chi connectivity index (χ3n) is 5.39. The van der Waals surface area contributed by atoms with E-state index in [1.165, 1.54) is 0 Å². The van der Waals surface area contributed by atoms with Crippen molar-refractivity contribution < 1.29 is 19.1 Å². The molecule has 2 aromatic carbocycles. The Balaban J connectivity index is 1.64. The third kappa shape index (κ3) is 7.67. The van der Waals surface area contributed by atoms with Crippen LogP contribution < -0.4 is 10.1 Å². The maximum Gasteiger partial charge on any atom is 0.407 e. The molecule has 0 radical (unpaired) electrons. The molecule has 1 aliphatic rings. The highest BCUT2D eigenvalue weighted by molar-refractivity contribution is 5.80. The molecule has 0 spiro atoms. The first-order chi connectivity index (χ1) is 15.7. The summed E-state index contributed by atoms with van der Waals surface area (Å²) >= 11 is 0. The van der Waals surface area contributed by atoms with Crippen LogP contribution in [0.2, 0.25) is 0 Å². The summed E-state index contributed by atoms with van der Waals surface area (Å²) in [6.07, 6.45) is 3.19. The Morgan fingerprint density at radius 1 is 1.18 bits per heavy atom. The lowest BCUT2D eigenvalue weighted by molar-refractivity contribution is -0.131. The van der Waals surface area contributed by atoms with Gasteiger partial charge >= 0.3 is 6.09 Å². The molecule has 0 saturated carbocycles. The Kier molecular flexibility index (Phi) is 8.15. The van der Waals surface area contributed by atoms with E-state index >= 15 is 0 Å². The van der Waals surface area contributed by atoms with Crippen molar-refractivity contribution in [2.45, 2.75) is 58.3 Å². The van der Waals surface area contributed by atoms with Gasteiger partial charge in [0.25, 0.3) is 0 Å². The third-order valence-corrected chi connectivity index (χ3v) is 5.39. The van der Waals surface area contributed by atoms with E-state index < -0.39 is 11.7 Å². The largest absolute Gasteiger partial charge is 0.489 e. The molecule has 0 bridgehead atoms. The number of piperidine rings is 1. The Morgan fingerprint density at radius 2 is 1.94 bits per heavy atom. The van der Waals surface area contributed by atoms with Crippen molar-refractivity contribution in [2.75, 3.05) is 13.1 Å². The molecule has 1 aliphatic heterocycles. The molecule has 6 nitrogen and oxygen atoms in total. The fourth-order valence-electron chi connectivity index (χ4n) is 3.81. The van der Waals surface area contributed by atoms with Crippen molar-refractivity contribution in [3.05, 3.63) is 71.8 Å². The van der Waals surface area contributed by atoms with Gasteiger partial charge in [-0.1, -0.05) is 49.1 Å². The molecule has 33 heavy (non-hydrogen) atoms. The molecule has 0 aliphatic carbocycles. The highest BCUT2D eigenvalue weighted by Gasteiger charge is 2.27. The highest BCUT2D eigenvalue weighted by atomic mass is 16.6. The lowest BCUT2D eigenvalue weighted by atomic mass is 10.0. The van der Waals surface area contributed by atoms with Gasteiger partial charge in [0, 0.05) is 24.7 Å². The summed E-state index contributed by atoms with van der Waals surface area (Å²) in [5.74, 6) is 0.703. The Bertz CT molecular complexity index is 966. The minimum absolute atomic E-state index is 0.0106. The van der Waals surface area contributed by atoms with E-state index in [1.807, 2.05) is 74.2 Å². The van der Waals surface area contributed by atoms with Gasteiger partial charge in [0.2, 0.25) is 5.91 Å². The van der Waals surface area contributed by atoms with Crippen LogP contribution >= 0.6 is 0 Å². The van der Waals surface area contributed by atoms with Crippen LogP contribution in [0.25, 0.3) is 6.08 Å². The van der Waals surface area contributed by atoms with Gasteiger partial charge in [0.05, 0.1) is 6.42 Å². The second-order valence-corrected chi connectivity index (χ2v) is 9.35. The molecule has 0 aromatic heterocycles. The summed E-state index contributed by atoms with van der Waals surface area (Å²) in [4.78, 5) is 27.1. The highest BCUT2D eigenvalue weighted by Crippen LogP contribution is 2.24. The first-order valence-corrected chi connectivity index (χ1v) is 11.4. The van der Waals surface area contributed by atoms with Crippen molar-refractivity contribution >= 4 is 18.1 Å². The second-order valence-electron chi connectivity index (χ2n) is 9.35. The lowest BCUT2D eigenvalue weighted by Crippen LogP contribution is -2.50. The van der Waals surface area contributed by atoms with Crippen LogP contribution in [0.1, 0.15) is 50.3 Å². The zero-order chi connectivity index (χ0) is 23.8. The number of benzene rings is 2. The fourth-order valence-corrected chi connectivity index (χ4v) is 3.81. The minimum atomic E-state index is -0.555. The smallest absolute Gasteiger partial charge is 0.407 e. The van der Waals surface area contributed by atoms with Crippen LogP contribution in [0.4, 0.5) is 4.79 Å². The number of nitrogens with zero attached hydrogens (tertiary/aromatic N) is 1. The van der Waals surface area contributed by atoms with Gasteiger partial charge in [-0.05, 0) is 56.9 Å². The molecule has 1 fully saturated rings. The molecule has 2 aromatic rings. The van der Waals surface area contributed by atoms with Crippen molar-refractivity contribution in [1.29, 1.82) is 0 Å².